The van der Waals surface area contributed by atoms with Crippen LogP contribution in [0.25, 0.3) is 0 Å². The summed E-state index contributed by atoms with van der Waals surface area (Å²) in [5.41, 5.74) is 0.201. The standard InChI is InChI=1S/C20H30O5/c1-6-10(2)18(21)24-14-9-20(5,23)13-8-7-11(3)15(13)17-16(14)12(4)19(22)25-17/h7,10,12-17,23H,6,8-9H2,1-5H3. The van der Waals surface area contributed by atoms with Crippen LogP contribution < -0.4 is 0 Å². The Bertz CT molecular complexity index is 593. The minimum Gasteiger partial charge on any atom is -0.462 e. The largest absolute Gasteiger partial charge is 0.462 e. The highest BCUT2D eigenvalue weighted by Gasteiger charge is 2.59. The molecule has 8 unspecified atom stereocenters. The zero-order valence-corrected chi connectivity index (χ0v) is 15.8. The van der Waals surface area contributed by atoms with E-state index < -0.39 is 11.7 Å². The summed E-state index contributed by atoms with van der Waals surface area (Å²) < 4.78 is 11.6. The van der Waals surface area contributed by atoms with Crippen molar-refractivity contribution in [3.63, 3.8) is 0 Å². The van der Waals surface area contributed by atoms with E-state index in [0.717, 1.165) is 12.0 Å². The number of hydrogen-bond donors (Lipinski definition) is 1. The molecule has 0 aromatic rings. The molecule has 0 radical (unpaired) electrons. The normalized spacial score (nSPS) is 44.2. The molecule has 1 heterocycles. The van der Waals surface area contributed by atoms with Gasteiger partial charge >= 0.3 is 11.9 Å². The molecule has 0 amide bonds. The Morgan fingerprint density at radius 2 is 2.20 bits per heavy atom. The highest BCUT2D eigenvalue weighted by molar-refractivity contribution is 5.76. The van der Waals surface area contributed by atoms with Gasteiger partial charge in [-0.25, -0.2) is 0 Å². The number of aliphatic hydroxyl groups is 1. The fraction of sp³-hybridized carbons (Fsp3) is 0.800. The zero-order valence-electron chi connectivity index (χ0n) is 15.8. The van der Waals surface area contributed by atoms with Crippen LogP contribution in [0.15, 0.2) is 11.6 Å². The van der Waals surface area contributed by atoms with Gasteiger partial charge in [-0.3, -0.25) is 9.59 Å². The van der Waals surface area contributed by atoms with E-state index in [1.807, 2.05) is 34.6 Å². The fourth-order valence-electron chi connectivity index (χ4n) is 4.90. The topological polar surface area (TPSA) is 72.8 Å². The highest BCUT2D eigenvalue weighted by atomic mass is 16.6. The monoisotopic (exact) mass is 350 g/mol. The second-order valence-electron chi connectivity index (χ2n) is 8.43. The maximum absolute atomic E-state index is 12.4. The molecule has 5 heteroatoms. The maximum Gasteiger partial charge on any atom is 0.309 e. The van der Waals surface area contributed by atoms with Crippen molar-refractivity contribution in [3.8, 4) is 0 Å². The molecule has 0 aromatic carbocycles. The third kappa shape index (κ3) is 3.01. The van der Waals surface area contributed by atoms with Crippen LogP contribution in [0.5, 0.6) is 0 Å². The first-order valence-electron chi connectivity index (χ1n) is 9.47. The molecular formula is C20H30O5. The molecule has 1 N–H and O–H groups in total. The van der Waals surface area contributed by atoms with Crippen molar-refractivity contribution >= 4 is 11.9 Å². The van der Waals surface area contributed by atoms with Crippen LogP contribution >= 0.6 is 0 Å². The second-order valence-corrected chi connectivity index (χ2v) is 8.43. The number of rotatable bonds is 3. The second kappa shape index (κ2) is 6.42. The summed E-state index contributed by atoms with van der Waals surface area (Å²) in [4.78, 5) is 24.7. The molecule has 8 atom stereocenters. The van der Waals surface area contributed by atoms with Gasteiger partial charge in [0.05, 0.1) is 17.4 Å². The Hall–Kier alpha value is -1.36. The van der Waals surface area contributed by atoms with E-state index in [0.29, 0.717) is 12.8 Å². The summed E-state index contributed by atoms with van der Waals surface area (Å²) in [7, 11) is 0. The predicted molar refractivity (Wildman–Crippen MR) is 92.5 cm³/mol. The van der Waals surface area contributed by atoms with Crippen molar-refractivity contribution in [2.75, 3.05) is 0 Å². The summed E-state index contributed by atoms with van der Waals surface area (Å²) in [5.74, 6) is -1.22. The van der Waals surface area contributed by atoms with Crippen LogP contribution in [0.1, 0.15) is 53.9 Å². The molecule has 0 bridgehead atoms. The minimum atomic E-state index is -0.963. The maximum atomic E-state index is 12.4. The van der Waals surface area contributed by atoms with Gasteiger partial charge in [0.1, 0.15) is 12.2 Å². The van der Waals surface area contributed by atoms with Crippen LogP contribution in [-0.2, 0) is 19.1 Å². The Balaban J connectivity index is 1.96. The SMILES string of the molecule is CCC(C)C(=O)OC1CC(C)(O)C2CC=C(C)C2C2OC(=O)C(C)C12. The van der Waals surface area contributed by atoms with Gasteiger partial charge in [0.15, 0.2) is 0 Å². The van der Waals surface area contributed by atoms with E-state index in [4.69, 9.17) is 9.47 Å². The average molecular weight is 350 g/mol. The van der Waals surface area contributed by atoms with Gasteiger partial charge in [-0.2, -0.15) is 0 Å². The first-order valence-corrected chi connectivity index (χ1v) is 9.47. The lowest BCUT2D eigenvalue weighted by molar-refractivity contribution is -0.161. The smallest absolute Gasteiger partial charge is 0.309 e. The van der Waals surface area contributed by atoms with Gasteiger partial charge in [-0.15, -0.1) is 0 Å². The number of carbonyl (C=O) groups excluding carboxylic acids is 2. The molecule has 2 aliphatic carbocycles. The molecule has 25 heavy (non-hydrogen) atoms. The summed E-state index contributed by atoms with van der Waals surface area (Å²) in [6.45, 7) is 9.51. The van der Waals surface area contributed by atoms with E-state index in [1.54, 1.807) is 0 Å². The minimum absolute atomic E-state index is 0.00111. The van der Waals surface area contributed by atoms with Crippen molar-refractivity contribution in [2.45, 2.75) is 71.7 Å². The van der Waals surface area contributed by atoms with E-state index in [1.165, 1.54) is 0 Å². The van der Waals surface area contributed by atoms with Crippen molar-refractivity contribution in [2.24, 2.45) is 29.6 Å². The van der Waals surface area contributed by atoms with E-state index in [2.05, 4.69) is 6.08 Å². The summed E-state index contributed by atoms with van der Waals surface area (Å²) >= 11 is 0. The lowest BCUT2D eigenvalue weighted by Crippen LogP contribution is -2.41. The van der Waals surface area contributed by atoms with Gasteiger partial charge in [0, 0.05) is 24.2 Å². The first-order chi connectivity index (χ1) is 11.7. The van der Waals surface area contributed by atoms with Gasteiger partial charge in [0.25, 0.3) is 0 Å². The molecule has 3 aliphatic rings. The molecule has 140 valence electrons. The predicted octanol–water partition coefficient (Wildman–Crippen LogP) is 2.86. The van der Waals surface area contributed by atoms with E-state index in [9.17, 15) is 14.7 Å². The van der Waals surface area contributed by atoms with Crippen molar-refractivity contribution in [1.29, 1.82) is 0 Å². The molecule has 1 aliphatic heterocycles. The number of hydrogen-bond acceptors (Lipinski definition) is 5. The molecule has 0 aromatic heterocycles. The van der Waals surface area contributed by atoms with Crippen LogP contribution in [0.4, 0.5) is 0 Å². The lowest BCUT2D eigenvalue weighted by atomic mass is 9.76. The van der Waals surface area contributed by atoms with E-state index >= 15 is 0 Å². The quantitative estimate of drug-likeness (QED) is 0.626. The number of fused-ring (bicyclic) bond motifs is 3. The van der Waals surface area contributed by atoms with Gasteiger partial charge < -0.3 is 14.6 Å². The Morgan fingerprint density at radius 1 is 1.52 bits per heavy atom. The Labute approximate surface area is 149 Å². The molecule has 0 spiro atoms. The Morgan fingerprint density at radius 3 is 2.84 bits per heavy atom. The van der Waals surface area contributed by atoms with Crippen molar-refractivity contribution in [1.82, 2.24) is 0 Å². The van der Waals surface area contributed by atoms with Crippen LogP contribution in [0, 0.1) is 29.6 Å². The fourth-order valence-corrected chi connectivity index (χ4v) is 4.90. The van der Waals surface area contributed by atoms with Crippen molar-refractivity contribution < 1.29 is 24.2 Å². The Kier molecular flexibility index (Phi) is 4.73. The lowest BCUT2D eigenvalue weighted by Gasteiger charge is -2.34. The molecule has 3 rings (SSSR count). The van der Waals surface area contributed by atoms with Crippen LogP contribution in [0.2, 0.25) is 0 Å². The third-order valence-electron chi connectivity index (χ3n) is 6.71. The van der Waals surface area contributed by atoms with Crippen LogP contribution in [0.3, 0.4) is 0 Å². The zero-order chi connectivity index (χ0) is 18.5. The van der Waals surface area contributed by atoms with Gasteiger partial charge in [-0.05, 0) is 26.7 Å². The van der Waals surface area contributed by atoms with Crippen molar-refractivity contribution in [3.05, 3.63) is 11.6 Å². The van der Waals surface area contributed by atoms with Crippen LogP contribution in [-0.4, -0.2) is 34.9 Å². The molecule has 2 fully saturated rings. The van der Waals surface area contributed by atoms with Gasteiger partial charge in [-0.1, -0.05) is 32.4 Å². The first kappa shape index (κ1) is 18.4. The molecule has 1 saturated carbocycles. The number of carbonyl (C=O) groups is 2. The number of esters is 2. The average Bonchev–Trinajstić information content (AvgIpc) is 3.03. The summed E-state index contributed by atoms with van der Waals surface area (Å²) in [6, 6.07) is 0. The number of ether oxygens (including phenoxy) is 2. The molecule has 1 saturated heterocycles. The van der Waals surface area contributed by atoms with E-state index in [-0.39, 0.29) is 47.6 Å². The molecule has 5 nitrogen and oxygen atoms in total. The summed E-state index contributed by atoms with van der Waals surface area (Å²) in [5, 5.41) is 11.2. The third-order valence-corrected chi connectivity index (χ3v) is 6.71. The molecular weight excluding hydrogens is 320 g/mol. The van der Waals surface area contributed by atoms with Gasteiger partial charge in [0.2, 0.25) is 0 Å². The highest BCUT2D eigenvalue weighted by Crippen LogP contribution is 2.53. The summed E-state index contributed by atoms with van der Waals surface area (Å²) in [6.07, 6.45) is 3.14. The number of allylic oxidation sites excluding steroid dienone is 1.